The monoisotopic (exact) mass is 194 g/mol. The minimum atomic E-state index is -4.45. The first-order valence-corrected chi connectivity index (χ1v) is 3.74. The van der Waals surface area contributed by atoms with Crippen LogP contribution in [0.25, 0.3) is 0 Å². The number of nitrogens with one attached hydrogen (secondary N) is 1. The molecule has 0 radical (unpaired) electrons. The van der Waals surface area contributed by atoms with E-state index in [1.54, 1.807) is 6.07 Å². The summed E-state index contributed by atoms with van der Waals surface area (Å²) < 4.78 is 41.7. The Labute approximate surface area is 73.5 Å². The Morgan fingerprint density at radius 1 is 1.62 bits per heavy atom. The van der Waals surface area contributed by atoms with Crippen molar-refractivity contribution in [3.8, 4) is 6.07 Å². The Hall–Kier alpha value is -0.800. The Morgan fingerprint density at radius 3 is 2.69 bits per heavy atom. The van der Waals surface area contributed by atoms with Gasteiger partial charge in [-0.3, -0.25) is 0 Å². The zero-order chi connectivity index (χ0) is 10.1. The summed E-state index contributed by atoms with van der Waals surface area (Å²) in [4.78, 5) is 0. The van der Waals surface area contributed by atoms with Gasteiger partial charge >= 0.3 is 6.18 Å². The number of rotatable bonds is 0. The second kappa shape index (κ2) is 3.16. The zero-order valence-corrected chi connectivity index (χ0v) is 6.98. The number of nitrogens with zero attached hydrogens (tertiary/aromatic N) is 1. The minimum absolute atomic E-state index is 0.141. The summed E-state index contributed by atoms with van der Waals surface area (Å²) in [6, 6.07) is 1.65. The molecule has 0 spiro atoms. The van der Waals surface area contributed by atoms with Crippen LogP contribution in [0.2, 0.25) is 0 Å². The van der Waals surface area contributed by atoms with E-state index in [0.29, 0.717) is 0 Å². The van der Waals surface area contributed by atoms with Crippen molar-refractivity contribution < 1.29 is 17.9 Å². The lowest BCUT2D eigenvalue weighted by atomic mass is 10.0. The number of nitriles is 1. The third-order valence-corrected chi connectivity index (χ3v) is 1.94. The lowest BCUT2D eigenvalue weighted by Crippen LogP contribution is -2.59. The normalized spacial score (nSPS) is 35.5. The van der Waals surface area contributed by atoms with Crippen molar-refractivity contribution in [3.05, 3.63) is 0 Å². The van der Waals surface area contributed by atoms with Gasteiger partial charge < -0.3 is 10.1 Å². The summed E-state index contributed by atoms with van der Waals surface area (Å²) in [6.45, 7) is 0.764. The Balaban J connectivity index is 2.75. The van der Waals surface area contributed by atoms with E-state index in [4.69, 9.17) is 5.26 Å². The van der Waals surface area contributed by atoms with Crippen LogP contribution in [-0.4, -0.2) is 31.0 Å². The van der Waals surface area contributed by atoms with Crippen LogP contribution in [0.4, 0.5) is 13.2 Å². The summed E-state index contributed by atoms with van der Waals surface area (Å²) in [6.07, 6.45) is -5.48. The molecule has 1 heterocycles. The van der Waals surface area contributed by atoms with Gasteiger partial charge in [-0.05, 0) is 6.92 Å². The van der Waals surface area contributed by atoms with Gasteiger partial charge in [-0.1, -0.05) is 0 Å². The van der Waals surface area contributed by atoms with Crippen molar-refractivity contribution >= 4 is 0 Å². The van der Waals surface area contributed by atoms with Gasteiger partial charge in [0.25, 0.3) is 0 Å². The standard InChI is InChI=1S/C7H9F3N2O/c1-6(7(8,9)10)4-12-3-5(2-11)13-6/h5,12H,3-4H2,1H3. The molecule has 0 aromatic heterocycles. The summed E-state index contributed by atoms with van der Waals surface area (Å²) in [5.41, 5.74) is -2.24. The predicted octanol–water partition coefficient (Wildman–Crippen LogP) is 0.819. The van der Waals surface area contributed by atoms with Crippen LogP contribution < -0.4 is 5.32 Å². The van der Waals surface area contributed by atoms with Crippen LogP contribution in [0.1, 0.15) is 6.92 Å². The second-order valence-electron chi connectivity index (χ2n) is 3.10. The topological polar surface area (TPSA) is 45.0 Å². The third-order valence-electron chi connectivity index (χ3n) is 1.94. The average Bonchev–Trinajstić information content (AvgIpc) is 2.02. The molecular formula is C7H9F3N2O. The van der Waals surface area contributed by atoms with Crippen molar-refractivity contribution in [3.63, 3.8) is 0 Å². The molecule has 1 aliphatic rings. The van der Waals surface area contributed by atoms with E-state index in [-0.39, 0.29) is 13.1 Å². The molecule has 1 saturated heterocycles. The molecule has 1 N–H and O–H groups in total. The van der Waals surface area contributed by atoms with E-state index in [9.17, 15) is 13.2 Å². The van der Waals surface area contributed by atoms with Gasteiger partial charge in [-0.2, -0.15) is 18.4 Å². The minimum Gasteiger partial charge on any atom is -0.345 e. The molecule has 74 valence electrons. The summed E-state index contributed by atoms with van der Waals surface area (Å²) in [7, 11) is 0. The first kappa shape index (κ1) is 10.3. The number of alkyl halides is 3. The maximum atomic E-state index is 12.4. The Kier molecular flexibility index (Phi) is 2.50. The van der Waals surface area contributed by atoms with Gasteiger partial charge in [0.15, 0.2) is 11.7 Å². The highest BCUT2D eigenvalue weighted by molar-refractivity contribution is 4.98. The molecule has 2 unspecified atom stereocenters. The van der Waals surface area contributed by atoms with E-state index in [2.05, 4.69) is 10.1 Å². The molecule has 0 amide bonds. The molecule has 1 fully saturated rings. The third kappa shape index (κ3) is 1.92. The maximum absolute atomic E-state index is 12.4. The molecule has 6 heteroatoms. The smallest absolute Gasteiger partial charge is 0.345 e. The fraction of sp³-hybridized carbons (Fsp3) is 0.857. The highest BCUT2D eigenvalue weighted by atomic mass is 19.4. The second-order valence-corrected chi connectivity index (χ2v) is 3.10. The van der Waals surface area contributed by atoms with Crippen molar-refractivity contribution in [1.29, 1.82) is 5.26 Å². The van der Waals surface area contributed by atoms with Crippen LogP contribution >= 0.6 is 0 Å². The Bertz CT molecular complexity index is 235. The lowest BCUT2D eigenvalue weighted by molar-refractivity contribution is -0.284. The average molecular weight is 194 g/mol. The number of halogens is 3. The molecule has 2 atom stereocenters. The first-order chi connectivity index (χ1) is 5.89. The van der Waals surface area contributed by atoms with E-state index in [0.717, 1.165) is 6.92 Å². The van der Waals surface area contributed by atoms with Gasteiger partial charge in [-0.25, -0.2) is 0 Å². The van der Waals surface area contributed by atoms with E-state index in [1.165, 1.54) is 0 Å². The van der Waals surface area contributed by atoms with Crippen molar-refractivity contribution in [2.45, 2.75) is 24.8 Å². The molecule has 13 heavy (non-hydrogen) atoms. The highest BCUT2D eigenvalue weighted by Crippen LogP contribution is 2.35. The molecular weight excluding hydrogens is 185 g/mol. The first-order valence-electron chi connectivity index (χ1n) is 3.74. The van der Waals surface area contributed by atoms with E-state index >= 15 is 0 Å². The summed E-state index contributed by atoms with van der Waals surface area (Å²) in [5.74, 6) is 0. The van der Waals surface area contributed by atoms with Crippen molar-refractivity contribution in [2.75, 3.05) is 13.1 Å². The molecule has 1 rings (SSSR count). The largest absolute Gasteiger partial charge is 0.418 e. The SMILES string of the molecule is CC1(C(F)(F)F)CNCC(C#N)O1. The van der Waals surface area contributed by atoms with Crippen LogP contribution in [0.5, 0.6) is 0 Å². The number of morpholine rings is 1. The van der Waals surface area contributed by atoms with Gasteiger partial charge in [0, 0.05) is 13.1 Å². The van der Waals surface area contributed by atoms with Crippen molar-refractivity contribution in [1.82, 2.24) is 5.32 Å². The van der Waals surface area contributed by atoms with E-state index in [1.807, 2.05) is 0 Å². The zero-order valence-electron chi connectivity index (χ0n) is 6.98. The number of hydrogen-bond donors (Lipinski definition) is 1. The molecule has 0 aromatic carbocycles. The van der Waals surface area contributed by atoms with Gasteiger partial charge in [-0.15, -0.1) is 0 Å². The van der Waals surface area contributed by atoms with E-state index < -0.39 is 17.9 Å². The number of ether oxygens (including phenoxy) is 1. The fourth-order valence-electron chi connectivity index (χ4n) is 1.08. The highest BCUT2D eigenvalue weighted by Gasteiger charge is 2.54. The van der Waals surface area contributed by atoms with Crippen LogP contribution in [0.3, 0.4) is 0 Å². The molecule has 0 bridgehead atoms. The molecule has 0 saturated carbocycles. The molecule has 1 aliphatic heterocycles. The number of hydrogen-bond acceptors (Lipinski definition) is 3. The van der Waals surface area contributed by atoms with Crippen LogP contribution in [0, 0.1) is 11.3 Å². The molecule has 0 aliphatic carbocycles. The maximum Gasteiger partial charge on any atom is 0.418 e. The predicted molar refractivity (Wildman–Crippen MR) is 37.8 cm³/mol. The lowest BCUT2D eigenvalue weighted by Gasteiger charge is -2.37. The summed E-state index contributed by atoms with van der Waals surface area (Å²) >= 11 is 0. The van der Waals surface area contributed by atoms with Gasteiger partial charge in [0.2, 0.25) is 0 Å². The molecule has 0 aromatic rings. The summed E-state index contributed by atoms with van der Waals surface area (Å²) in [5, 5.41) is 10.9. The van der Waals surface area contributed by atoms with Crippen LogP contribution in [0.15, 0.2) is 0 Å². The quantitative estimate of drug-likeness (QED) is 0.621. The van der Waals surface area contributed by atoms with Gasteiger partial charge in [0.05, 0.1) is 6.07 Å². The molecule has 3 nitrogen and oxygen atoms in total. The van der Waals surface area contributed by atoms with Gasteiger partial charge in [0.1, 0.15) is 0 Å². The fourth-order valence-corrected chi connectivity index (χ4v) is 1.08. The Morgan fingerprint density at radius 2 is 2.23 bits per heavy atom. The van der Waals surface area contributed by atoms with Crippen molar-refractivity contribution in [2.24, 2.45) is 0 Å². The van der Waals surface area contributed by atoms with Crippen LogP contribution in [-0.2, 0) is 4.74 Å².